The molecule has 1 aromatic carbocycles. The zero-order valence-corrected chi connectivity index (χ0v) is 10.3. The van der Waals surface area contributed by atoms with E-state index in [4.69, 9.17) is 10.5 Å². The van der Waals surface area contributed by atoms with Crippen LogP contribution in [0.4, 0.5) is 5.69 Å². The van der Waals surface area contributed by atoms with E-state index in [0.29, 0.717) is 17.9 Å². The Labute approximate surface area is 101 Å². The summed E-state index contributed by atoms with van der Waals surface area (Å²) in [6, 6.07) is 5.69. The number of nitrogens with zero attached hydrogens (tertiary/aromatic N) is 1. The van der Waals surface area contributed by atoms with Gasteiger partial charge >= 0.3 is 0 Å². The van der Waals surface area contributed by atoms with Crippen LogP contribution in [0.3, 0.4) is 0 Å². The number of ether oxygens (including phenoxy) is 1. The van der Waals surface area contributed by atoms with Crippen molar-refractivity contribution in [2.75, 3.05) is 26.0 Å². The maximum Gasteiger partial charge on any atom is 0.256 e. The Morgan fingerprint density at radius 2 is 2.29 bits per heavy atom. The lowest BCUT2D eigenvalue weighted by molar-refractivity contribution is 0.0712. The Bertz CT molecular complexity index is 425. The smallest absolute Gasteiger partial charge is 0.256 e. The van der Waals surface area contributed by atoms with Crippen molar-refractivity contribution in [1.82, 2.24) is 4.90 Å². The van der Waals surface area contributed by atoms with Crippen molar-refractivity contribution in [2.24, 2.45) is 0 Å². The molecule has 2 N–H and O–H groups in total. The number of likely N-dealkylation sites (N-methyl/N-ethyl adjacent to an activating group) is 1. The van der Waals surface area contributed by atoms with Crippen LogP contribution in [0.2, 0.25) is 0 Å². The van der Waals surface area contributed by atoms with Crippen LogP contribution in [0.5, 0.6) is 0 Å². The van der Waals surface area contributed by atoms with Crippen molar-refractivity contribution < 1.29 is 9.53 Å². The van der Waals surface area contributed by atoms with Crippen LogP contribution < -0.4 is 5.73 Å². The van der Waals surface area contributed by atoms with E-state index < -0.39 is 0 Å². The van der Waals surface area contributed by atoms with Gasteiger partial charge in [0, 0.05) is 19.3 Å². The van der Waals surface area contributed by atoms with E-state index in [9.17, 15) is 4.79 Å². The Hall–Kier alpha value is -1.55. The molecule has 0 aromatic heterocycles. The second-order valence-electron chi connectivity index (χ2n) is 4.52. The number of rotatable bonds is 2. The second kappa shape index (κ2) is 4.75. The zero-order chi connectivity index (χ0) is 12.4. The van der Waals surface area contributed by atoms with Gasteiger partial charge in [0.05, 0.1) is 18.2 Å². The van der Waals surface area contributed by atoms with Gasteiger partial charge in [-0.05, 0) is 25.5 Å². The lowest BCUT2D eigenvalue weighted by Gasteiger charge is -2.24. The highest BCUT2D eigenvalue weighted by atomic mass is 16.5. The molecule has 4 nitrogen and oxygen atoms in total. The van der Waals surface area contributed by atoms with E-state index in [1.807, 2.05) is 26.1 Å². The molecule has 0 bridgehead atoms. The van der Waals surface area contributed by atoms with Crippen LogP contribution >= 0.6 is 0 Å². The number of nitrogen functional groups attached to an aromatic ring is 1. The molecule has 2 rings (SSSR count). The predicted octanol–water partition coefficient (Wildman–Crippen LogP) is 1.44. The third-order valence-corrected chi connectivity index (χ3v) is 3.21. The van der Waals surface area contributed by atoms with Crippen LogP contribution in [-0.4, -0.2) is 37.1 Å². The molecule has 0 aliphatic carbocycles. The number of hydrogen-bond donors (Lipinski definition) is 1. The molecule has 92 valence electrons. The fourth-order valence-corrected chi connectivity index (χ4v) is 2.04. The first-order valence-electron chi connectivity index (χ1n) is 5.80. The Balaban J connectivity index is 2.20. The highest BCUT2D eigenvalue weighted by Crippen LogP contribution is 2.19. The molecule has 1 aliphatic heterocycles. The topological polar surface area (TPSA) is 55.6 Å². The minimum atomic E-state index is -0.0262. The van der Waals surface area contributed by atoms with Crippen molar-refractivity contribution in [3.8, 4) is 0 Å². The second-order valence-corrected chi connectivity index (χ2v) is 4.52. The summed E-state index contributed by atoms with van der Waals surface area (Å²) in [5.74, 6) is -0.0262. The van der Waals surface area contributed by atoms with E-state index in [0.717, 1.165) is 18.6 Å². The van der Waals surface area contributed by atoms with Gasteiger partial charge in [0.2, 0.25) is 0 Å². The first-order valence-corrected chi connectivity index (χ1v) is 5.80. The van der Waals surface area contributed by atoms with E-state index in [-0.39, 0.29) is 11.9 Å². The summed E-state index contributed by atoms with van der Waals surface area (Å²) in [5, 5.41) is 0. The van der Waals surface area contributed by atoms with Crippen LogP contribution in [0.25, 0.3) is 0 Å². The summed E-state index contributed by atoms with van der Waals surface area (Å²) in [6.07, 6.45) is 0.897. The minimum absolute atomic E-state index is 0.0262. The van der Waals surface area contributed by atoms with Crippen LogP contribution in [0.15, 0.2) is 18.2 Å². The summed E-state index contributed by atoms with van der Waals surface area (Å²) in [4.78, 5) is 14.0. The number of nitrogens with two attached hydrogens (primary N) is 1. The molecule has 4 heteroatoms. The maximum atomic E-state index is 12.3. The van der Waals surface area contributed by atoms with Gasteiger partial charge in [-0.15, -0.1) is 0 Å². The van der Waals surface area contributed by atoms with Crippen molar-refractivity contribution in [2.45, 2.75) is 19.4 Å². The quantitative estimate of drug-likeness (QED) is 0.788. The molecular formula is C13H18N2O2. The van der Waals surface area contributed by atoms with E-state index in [2.05, 4.69) is 0 Å². The molecule has 0 radical (unpaired) electrons. The third-order valence-electron chi connectivity index (χ3n) is 3.21. The maximum absolute atomic E-state index is 12.3. The Morgan fingerprint density at radius 3 is 2.94 bits per heavy atom. The predicted molar refractivity (Wildman–Crippen MR) is 66.9 cm³/mol. The summed E-state index contributed by atoms with van der Waals surface area (Å²) < 4.78 is 5.29. The molecule has 1 aliphatic rings. The zero-order valence-electron chi connectivity index (χ0n) is 10.3. The van der Waals surface area contributed by atoms with Crippen LogP contribution in [0.1, 0.15) is 22.3 Å². The van der Waals surface area contributed by atoms with Gasteiger partial charge in [-0.1, -0.05) is 11.6 Å². The van der Waals surface area contributed by atoms with Crippen molar-refractivity contribution in [3.63, 3.8) is 0 Å². The molecule has 1 aromatic rings. The van der Waals surface area contributed by atoms with Gasteiger partial charge in [0.1, 0.15) is 0 Å². The highest BCUT2D eigenvalue weighted by molar-refractivity contribution is 5.99. The standard InChI is InChI=1S/C13H18N2O2/c1-9-3-4-12(14)11(7-9)13(16)15(2)10-5-6-17-8-10/h3-4,7,10H,5-6,8,14H2,1-2H3. The van der Waals surface area contributed by atoms with Crippen LogP contribution in [0, 0.1) is 6.92 Å². The summed E-state index contributed by atoms with van der Waals surface area (Å²) in [6.45, 7) is 3.30. The third kappa shape index (κ3) is 2.42. The fraction of sp³-hybridized carbons (Fsp3) is 0.462. The lowest BCUT2D eigenvalue weighted by atomic mass is 10.1. The monoisotopic (exact) mass is 234 g/mol. The van der Waals surface area contributed by atoms with Gasteiger partial charge in [-0.2, -0.15) is 0 Å². The molecule has 1 atom stereocenters. The Kier molecular flexibility index (Phi) is 3.33. The average molecular weight is 234 g/mol. The first kappa shape index (κ1) is 11.9. The SMILES string of the molecule is Cc1ccc(N)c(C(=O)N(C)C2CCOC2)c1. The molecule has 17 heavy (non-hydrogen) atoms. The summed E-state index contributed by atoms with van der Waals surface area (Å²) >= 11 is 0. The average Bonchev–Trinajstić information content (AvgIpc) is 2.84. The molecule has 1 saturated heterocycles. The highest BCUT2D eigenvalue weighted by Gasteiger charge is 2.25. The number of carbonyl (C=O) groups is 1. The first-order chi connectivity index (χ1) is 8.09. The molecular weight excluding hydrogens is 216 g/mol. The molecule has 1 unspecified atom stereocenters. The number of hydrogen-bond acceptors (Lipinski definition) is 3. The van der Waals surface area contributed by atoms with Crippen LogP contribution in [-0.2, 0) is 4.74 Å². The molecule has 0 spiro atoms. The van der Waals surface area contributed by atoms with E-state index in [1.54, 1.807) is 11.0 Å². The van der Waals surface area contributed by atoms with Gasteiger partial charge in [-0.3, -0.25) is 4.79 Å². The lowest BCUT2D eigenvalue weighted by Crippen LogP contribution is -2.37. The summed E-state index contributed by atoms with van der Waals surface area (Å²) in [5.41, 5.74) is 8.00. The molecule has 1 heterocycles. The number of benzene rings is 1. The number of anilines is 1. The number of carbonyl (C=O) groups excluding carboxylic acids is 1. The Morgan fingerprint density at radius 1 is 1.53 bits per heavy atom. The fourth-order valence-electron chi connectivity index (χ4n) is 2.04. The van der Waals surface area contributed by atoms with E-state index >= 15 is 0 Å². The van der Waals surface area contributed by atoms with Gasteiger partial charge in [0.15, 0.2) is 0 Å². The number of amides is 1. The van der Waals surface area contributed by atoms with Crippen molar-refractivity contribution >= 4 is 11.6 Å². The minimum Gasteiger partial charge on any atom is -0.398 e. The number of aryl methyl sites for hydroxylation is 1. The van der Waals surface area contributed by atoms with Gasteiger partial charge in [-0.25, -0.2) is 0 Å². The molecule has 0 saturated carbocycles. The van der Waals surface area contributed by atoms with Gasteiger partial charge < -0.3 is 15.4 Å². The van der Waals surface area contributed by atoms with Crippen molar-refractivity contribution in [3.05, 3.63) is 29.3 Å². The normalized spacial score (nSPS) is 19.3. The largest absolute Gasteiger partial charge is 0.398 e. The van der Waals surface area contributed by atoms with Gasteiger partial charge in [0.25, 0.3) is 5.91 Å². The van der Waals surface area contributed by atoms with E-state index in [1.165, 1.54) is 0 Å². The molecule has 1 amide bonds. The molecule has 1 fully saturated rings. The van der Waals surface area contributed by atoms with Crippen molar-refractivity contribution in [1.29, 1.82) is 0 Å². The summed E-state index contributed by atoms with van der Waals surface area (Å²) in [7, 11) is 1.81.